The zero-order chi connectivity index (χ0) is 37.4. The number of aromatic nitrogens is 1. The lowest BCUT2D eigenvalue weighted by molar-refractivity contribution is -0.143. The average molecular weight is 714 g/mol. The minimum absolute atomic E-state index is 0.0766. The number of amides is 4. The first-order chi connectivity index (χ1) is 24.9. The van der Waals surface area contributed by atoms with E-state index < -0.39 is 29.5 Å². The van der Waals surface area contributed by atoms with Crippen LogP contribution in [0.25, 0.3) is 0 Å². The first-order valence-corrected chi connectivity index (χ1v) is 18.0. The Hall–Kier alpha value is -5.13. The predicted molar refractivity (Wildman–Crippen MR) is 196 cm³/mol. The van der Waals surface area contributed by atoms with E-state index in [0.717, 1.165) is 24.1 Å². The van der Waals surface area contributed by atoms with E-state index in [1.807, 2.05) is 56.3 Å². The third-order valence-corrected chi connectivity index (χ3v) is 10.2. The summed E-state index contributed by atoms with van der Waals surface area (Å²) in [5.74, 6) is -0.262. The molecular weight excluding hydrogens is 662 g/mol. The van der Waals surface area contributed by atoms with Crippen molar-refractivity contribution in [3.05, 3.63) is 83.7 Å². The molecular formula is C40H51N5O7. The van der Waals surface area contributed by atoms with E-state index in [1.54, 1.807) is 50.4 Å². The summed E-state index contributed by atoms with van der Waals surface area (Å²) in [4.78, 5) is 64.2. The van der Waals surface area contributed by atoms with Crippen molar-refractivity contribution in [3.8, 4) is 17.2 Å². The van der Waals surface area contributed by atoms with Crippen LogP contribution in [-0.2, 0) is 26.2 Å². The molecule has 0 spiro atoms. The highest BCUT2D eigenvalue weighted by Gasteiger charge is 2.46. The topological polar surface area (TPSA) is 139 Å². The molecule has 278 valence electrons. The minimum Gasteiger partial charge on any atom is -0.497 e. The standard InChI is InChI=1S/C40H51N5O7/c1-26(2)32-24-45(39(49)40(19-8-9-20-40)29-13-15-31(50-5)16-14-29)25-35(46)42-27(3)36(38(48)44(4)22-18-30-11-7-10-21-41-30)52-34-23-28(37(47)43-32)12-17-33(34)51-6/h7,10-17,21,23,26-27,32,36H,8-9,18-20,22,24-25H2,1-6H3,(H,42,46)(H,43,47)/t27-,32?,36?/m0/s1. The molecule has 1 fully saturated rings. The van der Waals surface area contributed by atoms with Crippen LogP contribution in [-0.4, -0.2) is 97.5 Å². The Bertz CT molecular complexity index is 1710. The average Bonchev–Trinajstić information content (AvgIpc) is 3.66. The molecule has 1 aliphatic heterocycles. The van der Waals surface area contributed by atoms with Crippen molar-refractivity contribution in [2.45, 2.75) is 76.5 Å². The molecule has 1 saturated carbocycles. The van der Waals surface area contributed by atoms with Crippen molar-refractivity contribution in [3.63, 3.8) is 0 Å². The number of ether oxygens (including phenoxy) is 3. The minimum atomic E-state index is -1.19. The Labute approximate surface area is 306 Å². The molecule has 3 aromatic rings. The second kappa shape index (κ2) is 16.9. The highest BCUT2D eigenvalue weighted by molar-refractivity contribution is 5.96. The van der Waals surface area contributed by atoms with Crippen LogP contribution in [0, 0.1) is 5.92 Å². The molecule has 2 bridgehead atoms. The number of hydrogen-bond donors (Lipinski definition) is 2. The van der Waals surface area contributed by atoms with Gasteiger partial charge in [0, 0.05) is 50.1 Å². The Balaban J connectivity index is 1.51. The molecule has 12 nitrogen and oxygen atoms in total. The number of methoxy groups -OCH3 is 2. The van der Waals surface area contributed by atoms with Gasteiger partial charge in [-0.1, -0.05) is 44.9 Å². The molecule has 52 heavy (non-hydrogen) atoms. The van der Waals surface area contributed by atoms with Crippen LogP contribution in [0.2, 0.25) is 0 Å². The molecule has 2 aliphatic rings. The van der Waals surface area contributed by atoms with Crippen LogP contribution in [0.15, 0.2) is 66.9 Å². The molecule has 3 atom stereocenters. The van der Waals surface area contributed by atoms with Crippen LogP contribution in [0.1, 0.15) is 68.1 Å². The lowest BCUT2D eigenvalue weighted by Crippen LogP contribution is -2.57. The normalized spacial score (nSPS) is 20.6. The van der Waals surface area contributed by atoms with Crippen LogP contribution < -0.4 is 24.8 Å². The summed E-state index contributed by atoms with van der Waals surface area (Å²) in [7, 11) is 4.75. The Kier molecular flexibility index (Phi) is 12.4. The first-order valence-electron chi connectivity index (χ1n) is 18.0. The lowest BCUT2D eigenvalue weighted by Gasteiger charge is -2.38. The first kappa shape index (κ1) is 38.1. The zero-order valence-corrected chi connectivity index (χ0v) is 31.0. The van der Waals surface area contributed by atoms with E-state index in [-0.39, 0.29) is 42.5 Å². The van der Waals surface area contributed by atoms with E-state index in [1.165, 1.54) is 12.0 Å². The number of carbonyl (C=O) groups is 4. The van der Waals surface area contributed by atoms with Crippen molar-refractivity contribution in [2.24, 2.45) is 5.92 Å². The quantitative estimate of drug-likeness (QED) is 0.337. The lowest BCUT2D eigenvalue weighted by atomic mass is 9.77. The smallest absolute Gasteiger partial charge is 0.265 e. The highest BCUT2D eigenvalue weighted by atomic mass is 16.5. The van der Waals surface area contributed by atoms with Crippen LogP contribution in [0.4, 0.5) is 0 Å². The SMILES string of the molecule is COc1ccc(C2(C(=O)N3CC(=O)N[C@@H](C)C(C(=O)N(C)CCc4ccccn4)Oc4cc(ccc4OC)C(=O)NC(C(C)C)C3)CCCC2)cc1. The van der Waals surface area contributed by atoms with Crippen molar-refractivity contribution in [1.29, 1.82) is 0 Å². The summed E-state index contributed by atoms with van der Waals surface area (Å²) >= 11 is 0. The zero-order valence-electron chi connectivity index (χ0n) is 31.0. The number of nitrogens with one attached hydrogen (secondary N) is 2. The summed E-state index contributed by atoms with van der Waals surface area (Å²) in [5.41, 5.74) is 1.16. The monoisotopic (exact) mass is 713 g/mol. The Morgan fingerprint density at radius 3 is 2.38 bits per heavy atom. The van der Waals surface area contributed by atoms with Gasteiger partial charge in [-0.2, -0.15) is 0 Å². The van der Waals surface area contributed by atoms with Crippen LogP contribution in [0.5, 0.6) is 17.2 Å². The number of fused-ring (bicyclic) bond motifs is 2. The maximum atomic E-state index is 14.9. The fraction of sp³-hybridized carbons (Fsp3) is 0.475. The summed E-state index contributed by atoms with van der Waals surface area (Å²) in [5, 5.41) is 6.08. The van der Waals surface area contributed by atoms with Crippen molar-refractivity contribution >= 4 is 23.6 Å². The molecule has 1 aromatic heterocycles. The van der Waals surface area contributed by atoms with Crippen LogP contribution >= 0.6 is 0 Å². The molecule has 0 radical (unpaired) electrons. The maximum absolute atomic E-state index is 14.9. The van der Waals surface area contributed by atoms with E-state index >= 15 is 0 Å². The second-order valence-corrected chi connectivity index (χ2v) is 14.1. The fourth-order valence-electron chi connectivity index (χ4n) is 7.07. The molecule has 2 heterocycles. The summed E-state index contributed by atoms with van der Waals surface area (Å²) in [6.07, 6.45) is 4.03. The number of hydrogen-bond acceptors (Lipinski definition) is 8. The molecule has 2 unspecified atom stereocenters. The van der Waals surface area contributed by atoms with E-state index in [4.69, 9.17) is 14.2 Å². The van der Waals surface area contributed by atoms with Crippen molar-refractivity contribution in [1.82, 2.24) is 25.4 Å². The van der Waals surface area contributed by atoms with E-state index in [9.17, 15) is 19.2 Å². The van der Waals surface area contributed by atoms with Gasteiger partial charge < -0.3 is 34.6 Å². The van der Waals surface area contributed by atoms with Gasteiger partial charge in [-0.15, -0.1) is 0 Å². The number of benzene rings is 2. The molecule has 1 aliphatic carbocycles. The van der Waals surface area contributed by atoms with Gasteiger partial charge in [0.2, 0.25) is 11.8 Å². The molecule has 5 rings (SSSR count). The number of pyridine rings is 1. The Morgan fingerprint density at radius 2 is 1.75 bits per heavy atom. The maximum Gasteiger partial charge on any atom is 0.265 e. The van der Waals surface area contributed by atoms with Crippen LogP contribution in [0.3, 0.4) is 0 Å². The van der Waals surface area contributed by atoms with Gasteiger partial charge in [0.25, 0.3) is 11.8 Å². The summed E-state index contributed by atoms with van der Waals surface area (Å²) in [6, 6.07) is 16.6. The molecule has 0 saturated heterocycles. The van der Waals surface area contributed by atoms with E-state index in [0.29, 0.717) is 42.9 Å². The molecule has 12 heteroatoms. The number of rotatable bonds is 9. The fourth-order valence-corrected chi connectivity index (χ4v) is 7.07. The van der Waals surface area contributed by atoms with Crippen molar-refractivity contribution in [2.75, 3.05) is 40.9 Å². The predicted octanol–water partition coefficient (Wildman–Crippen LogP) is 4.16. The number of carbonyl (C=O) groups excluding carboxylic acids is 4. The third-order valence-electron chi connectivity index (χ3n) is 10.2. The van der Waals surface area contributed by atoms with Gasteiger partial charge in [-0.3, -0.25) is 24.2 Å². The highest BCUT2D eigenvalue weighted by Crippen LogP contribution is 2.43. The summed E-state index contributed by atoms with van der Waals surface area (Å²) in [6.45, 7) is 5.82. The van der Waals surface area contributed by atoms with Crippen molar-refractivity contribution < 1.29 is 33.4 Å². The van der Waals surface area contributed by atoms with Gasteiger partial charge in [0.15, 0.2) is 17.6 Å². The van der Waals surface area contributed by atoms with E-state index in [2.05, 4.69) is 15.6 Å². The largest absolute Gasteiger partial charge is 0.497 e. The summed E-state index contributed by atoms with van der Waals surface area (Å²) < 4.78 is 17.3. The van der Waals surface area contributed by atoms with Gasteiger partial charge in [0.05, 0.1) is 32.2 Å². The van der Waals surface area contributed by atoms with Gasteiger partial charge in [-0.05, 0) is 73.7 Å². The van der Waals surface area contributed by atoms with Gasteiger partial charge >= 0.3 is 0 Å². The molecule has 2 aromatic carbocycles. The molecule has 2 N–H and O–H groups in total. The number of nitrogens with zero attached hydrogens (tertiary/aromatic N) is 3. The number of likely N-dealkylation sites (N-methyl/N-ethyl adjacent to an activating group) is 1. The second-order valence-electron chi connectivity index (χ2n) is 14.1. The Morgan fingerprint density at radius 1 is 1.02 bits per heavy atom. The van der Waals surface area contributed by atoms with Gasteiger partial charge in [-0.25, -0.2) is 0 Å². The third kappa shape index (κ3) is 8.66. The molecule has 4 amide bonds. The van der Waals surface area contributed by atoms with Gasteiger partial charge in [0.1, 0.15) is 5.75 Å².